The van der Waals surface area contributed by atoms with Gasteiger partial charge in [0.1, 0.15) is 0 Å². The fraction of sp³-hybridized carbons (Fsp3) is 0.130. The molecule has 0 N–H and O–H groups in total. The predicted molar refractivity (Wildman–Crippen MR) is 104 cm³/mol. The number of rotatable bonds is 0. The third-order valence-electron chi connectivity index (χ3n) is 2.22. The first-order valence-corrected chi connectivity index (χ1v) is 8.08. The van der Waals surface area contributed by atoms with E-state index in [0.29, 0.717) is 0 Å². The maximum atomic E-state index is 2.12. The smallest absolute Gasteiger partial charge is 0.214 e. The molecule has 0 aliphatic heterocycles. The van der Waals surface area contributed by atoms with Crippen molar-refractivity contribution in [2.24, 2.45) is 0 Å². The van der Waals surface area contributed by atoms with Gasteiger partial charge in [0.15, 0.2) is 0 Å². The van der Waals surface area contributed by atoms with Crippen molar-refractivity contribution in [1.82, 2.24) is 0 Å². The molecule has 4 aromatic rings. The molecule has 0 bridgehead atoms. The molecular formula is C23H28Fe2. The second-order valence-corrected chi connectivity index (χ2v) is 4.56. The van der Waals surface area contributed by atoms with E-state index in [1.807, 2.05) is 121 Å². The summed E-state index contributed by atoms with van der Waals surface area (Å²) in [5.74, 6) is 0. The second kappa shape index (κ2) is 27.3. The van der Waals surface area contributed by atoms with Crippen LogP contribution in [0.1, 0.15) is 20.3 Å². The zero-order valence-corrected chi connectivity index (χ0v) is 17.2. The quantitative estimate of drug-likeness (QED) is 0.213. The Kier molecular flexibility index (Phi) is 30.8. The van der Waals surface area contributed by atoms with E-state index >= 15 is 0 Å². The molecular weight excluding hydrogens is 388 g/mol. The fourth-order valence-electron chi connectivity index (χ4n) is 1.28. The van der Waals surface area contributed by atoms with Crippen molar-refractivity contribution >= 4 is 0 Å². The molecule has 0 atom stereocenters. The van der Waals surface area contributed by atoms with Crippen LogP contribution in [0.3, 0.4) is 0 Å². The summed E-state index contributed by atoms with van der Waals surface area (Å²) in [5, 5.41) is 0. The van der Waals surface area contributed by atoms with Crippen molar-refractivity contribution in [3.63, 3.8) is 0 Å². The van der Waals surface area contributed by atoms with Gasteiger partial charge < -0.3 is 0 Å². The average molecular weight is 416 g/mol. The molecule has 0 amide bonds. The molecule has 0 radical (unpaired) electrons. The van der Waals surface area contributed by atoms with Gasteiger partial charge in [-0.15, -0.1) is 0 Å². The van der Waals surface area contributed by atoms with E-state index in [1.54, 1.807) is 0 Å². The van der Waals surface area contributed by atoms with E-state index in [1.165, 1.54) is 6.42 Å². The predicted octanol–water partition coefficient (Wildman–Crippen LogP) is 7.03. The normalized spacial score (nSPS) is 7.12. The van der Waals surface area contributed by atoms with Crippen LogP contribution in [-0.4, -0.2) is 0 Å². The van der Waals surface area contributed by atoms with Crippen LogP contribution in [0.25, 0.3) is 0 Å². The van der Waals surface area contributed by atoms with Crippen molar-refractivity contribution in [3.05, 3.63) is 121 Å². The van der Waals surface area contributed by atoms with Crippen LogP contribution < -0.4 is 0 Å². The Hall–Kier alpha value is -1.56. The minimum absolute atomic E-state index is 0. The van der Waals surface area contributed by atoms with Gasteiger partial charge in [-0.05, 0) is 0 Å². The Morgan fingerprint density at radius 1 is 0.400 bits per heavy atom. The Bertz CT molecular complexity index is 355. The van der Waals surface area contributed by atoms with Gasteiger partial charge in [0, 0.05) is 0 Å². The SMILES string of the molecule is CCC.[Fe+2].[Fe+2].c1cc[cH-]c1.c1cc[cH-]c1.c1cc[cH-]c1.c1cc[cH-]c1. The first kappa shape index (κ1) is 28.3. The topological polar surface area (TPSA) is 0 Å². The third-order valence-corrected chi connectivity index (χ3v) is 2.22. The summed E-state index contributed by atoms with van der Waals surface area (Å²) >= 11 is 0. The fourth-order valence-corrected chi connectivity index (χ4v) is 1.28. The van der Waals surface area contributed by atoms with Gasteiger partial charge in [0.25, 0.3) is 0 Å². The van der Waals surface area contributed by atoms with Gasteiger partial charge >= 0.3 is 34.1 Å². The molecule has 4 rings (SSSR count). The maximum Gasteiger partial charge on any atom is 2.00 e. The van der Waals surface area contributed by atoms with Crippen LogP contribution in [0.15, 0.2) is 121 Å². The summed E-state index contributed by atoms with van der Waals surface area (Å²) in [4.78, 5) is 0. The van der Waals surface area contributed by atoms with Gasteiger partial charge in [-0.25, -0.2) is 48.5 Å². The molecule has 25 heavy (non-hydrogen) atoms. The summed E-state index contributed by atoms with van der Waals surface area (Å²) in [5.41, 5.74) is 0. The van der Waals surface area contributed by atoms with Gasteiger partial charge in [0.05, 0.1) is 0 Å². The molecule has 0 nitrogen and oxygen atoms in total. The monoisotopic (exact) mass is 416 g/mol. The number of hydrogen-bond donors (Lipinski definition) is 0. The maximum absolute atomic E-state index is 2.12. The van der Waals surface area contributed by atoms with Crippen molar-refractivity contribution < 1.29 is 34.1 Å². The Balaban J connectivity index is -0.000000240. The zero-order chi connectivity index (χ0) is 16.8. The standard InChI is InChI=1S/4C5H5.C3H8.2Fe/c4*1-2-4-5-3-1;1-3-2;;/h4*1-5H;3H2,1-2H3;;/q4*-1;;2*+2. The van der Waals surface area contributed by atoms with Gasteiger partial charge in [0.2, 0.25) is 0 Å². The third kappa shape index (κ3) is 27.6. The van der Waals surface area contributed by atoms with Crippen LogP contribution in [0.5, 0.6) is 0 Å². The van der Waals surface area contributed by atoms with Crippen molar-refractivity contribution in [1.29, 1.82) is 0 Å². The van der Waals surface area contributed by atoms with E-state index in [0.717, 1.165) is 0 Å². The summed E-state index contributed by atoms with van der Waals surface area (Å²) < 4.78 is 0. The molecule has 0 unspecified atom stereocenters. The van der Waals surface area contributed by atoms with Gasteiger partial charge in [-0.1, -0.05) is 20.3 Å². The Morgan fingerprint density at radius 3 is 0.560 bits per heavy atom. The molecule has 4 aromatic carbocycles. The minimum Gasteiger partial charge on any atom is -0.214 e. The molecule has 0 saturated carbocycles. The van der Waals surface area contributed by atoms with Crippen molar-refractivity contribution in [3.8, 4) is 0 Å². The van der Waals surface area contributed by atoms with E-state index in [-0.39, 0.29) is 34.1 Å². The summed E-state index contributed by atoms with van der Waals surface area (Å²) in [7, 11) is 0. The first-order chi connectivity index (χ1) is 11.4. The molecule has 0 aliphatic rings. The second-order valence-electron chi connectivity index (χ2n) is 4.56. The molecule has 0 aliphatic carbocycles. The van der Waals surface area contributed by atoms with Crippen LogP contribution in [-0.2, 0) is 34.1 Å². The van der Waals surface area contributed by atoms with E-state index < -0.39 is 0 Å². The first-order valence-electron chi connectivity index (χ1n) is 8.08. The van der Waals surface area contributed by atoms with Gasteiger partial charge in [-0.3, -0.25) is 0 Å². The Morgan fingerprint density at radius 2 is 0.520 bits per heavy atom. The zero-order valence-electron chi connectivity index (χ0n) is 15.0. The molecule has 0 heterocycles. The largest absolute Gasteiger partial charge is 2.00 e. The van der Waals surface area contributed by atoms with Crippen LogP contribution in [0, 0.1) is 0 Å². The summed E-state index contributed by atoms with van der Waals surface area (Å²) in [6.45, 7) is 4.25. The van der Waals surface area contributed by atoms with Crippen LogP contribution in [0.4, 0.5) is 0 Å². The summed E-state index contributed by atoms with van der Waals surface area (Å²) in [6.07, 6.45) is 1.25. The minimum atomic E-state index is 0. The molecule has 0 aromatic heterocycles. The number of hydrogen-bond acceptors (Lipinski definition) is 0. The van der Waals surface area contributed by atoms with Crippen molar-refractivity contribution in [2.75, 3.05) is 0 Å². The summed E-state index contributed by atoms with van der Waals surface area (Å²) in [6, 6.07) is 40.0. The van der Waals surface area contributed by atoms with Crippen LogP contribution >= 0.6 is 0 Å². The van der Waals surface area contributed by atoms with Crippen LogP contribution in [0.2, 0.25) is 0 Å². The molecule has 2 heteroatoms. The molecule has 136 valence electrons. The van der Waals surface area contributed by atoms with E-state index in [4.69, 9.17) is 0 Å². The molecule has 0 saturated heterocycles. The van der Waals surface area contributed by atoms with Gasteiger partial charge in [-0.2, -0.15) is 72.8 Å². The average Bonchev–Trinajstić information content (AvgIpc) is 3.47. The molecule has 0 spiro atoms. The molecule has 0 fully saturated rings. The Labute approximate surface area is 175 Å². The van der Waals surface area contributed by atoms with Crippen molar-refractivity contribution in [2.45, 2.75) is 20.3 Å². The van der Waals surface area contributed by atoms with E-state index in [2.05, 4.69) is 13.8 Å². The van der Waals surface area contributed by atoms with E-state index in [9.17, 15) is 0 Å².